The summed E-state index contributed by atoms with van der Waals surface area (Å²) >= 11 is 0. The number of phenols is 1. The molecule has 1 aromatic rings. The van der Waals surface area contributed by atoms with Gasteiger partial charge in [0.15, 0.2) is 5.96 Å². The van der Waals surface area contributed by atoms with Crippen LogP contribution in [-0.4, -0.2) is 47.9 Å². The van der Waals surface area contributed by atoms with Gasteiger partial charge < -0.3 is 25.8 Å². The van der Waals surface area contributed by atoms with Gasteiger partial charge in [0, 0.05) is 13.1 Å². The van der Waals surface area contributed by atoms with Gasteiger partial charge in [-0.05, 0) is 72.1 Å². The van der Waals surface area contributed by atoms with Crippen molar-refractivity contribution in [2.45, 2.75) is 65.5 Å². The fourth-order valence-electron chi connectivity index (χ4n) is 2.40. The van der Waals surface area contributed by atoms with Crippen molar-refractivity contribution in [3.8, 4) is 5.75 Å². The minimum atomic E-state index is -0.531. The van der Waals surface area contributed by atoms with E-state index in [1.165, 1.54) is 5.56 Å². The third kappa shape index (κ3) is 10.6. The van der Waals surface area contributed by atoms with Crippen LogP contribution in [0.3, 0.4) is 0 Å². The molecular formula is C21H36N4O3. The standard InChI is InChI=1S/C21H36N4O3/c1-7-22-18(23-14-8-9-16-10-12-17(26)13-11-16)24-15-21(5,6)25-19(27)28-20(2,3)4/h10-13,26H,7-9,14-15H2,1-6H3,(H,25,27)(H2,22,23,24). The summed E-state index contributed by atoms with van der Waals surface area (Å²) in [5.41, 5.74) is 0.123. The van der Waals surface area contributed by atoms with Gasteiger partial charge in [-0.2, -0.15) is 0 Å². The number of ether oxygens (including phenoxy) is 1. The minimum Gasteiger partial charge on any atom is -0.508 e. The van der Waals surface area contributed by atoms with Crippen LogP contribution in [0.25, 0.3) is 0 Å². The lowest BCUT2D eigenvalue weighted by atomic mass is 10.1. The van der Waals surface area contributed by atoms with Crippen LogP contribution in [0, 0.1) is 0 Å². The van der Waals surface area contributed by atoms with Gasteiger partial charge in [0.25, 0.3) is 0 Å². The number of nitrogens with zero attached hydrogens (tertiary/aromatic N) is 1. The van der Waals surface area contributed by atoms with E-state index in [9.17, 15) is 9.90 Å². The van der Waals surface area contributed by atoms with Gasteiger partial charge in [-0.3, -0.25) is 4.99 Å². The van der Waals surface area contributed by atoms with Gasteiger partial charge in [-0.25, -0.2) is 4.79 Å². The Morgan fingerprint density at radius 3 is 2.32 bits per heavy atom. The average molecular weight is 393 g/mol. The van der Waals surface area contributed by atoms with Gasteiger partial charge >= 0.3 is 6.09 Å². The summed E-state index contributed by atoms with van der Waals surface area (Å²) in [5, 5.41) is 18.7. The second-order valence-corrected chi connectivity index (χ2v) is 8.40. The highest BCUT2D eigenvalue weighted by atomic mass is 16.6. The van der Waals surface area contributed by atoms with E-state index in [0.717, 1.165) is 25.9 Å². The molecule has 0 bridgehead atoms. The molecule has 0 fully saturated rings. The zero-order valence-electron chi connectivity index (χ0n) is 18.1. The molecule has 1 aromatic carbocycles. The van der Waals surface area contributed by atoms with E-state index >= 15 is 0 Å². The number of phenolic OH excluding ortho intramolecular Hbond substituents is 1. The molecule has 1 amide bonds. The van der Waals surface area contributed by atoms with Crippen LogP contribution in [0.15, 0.2) is 29.3 Å². The number of carbonyl (C=O) groups is 1. The summed E-state index contributed by atoms with van der Waals surface area (Å²) in [6, 6.07) is 7.26. The van der Waals surface area contributed by atoms with Crippen LogP contribution in [0.4, 0.5) is 4.79 Å². The Labute approximate surface area is 169 Å². The molecule has 0 heterocycles. The molecule has 0 aliphatic rings. The lowest BCUT2D eigenvalue weighted by Gasteiger charge is -2.27. The molecule has 28 heavy (non-hydrogen) atoms. The molecule has 7 nitrogen and oxygen atoms in total. The third-order valence-corrected chi connectivity index (χ3v) is 3.69. The number of amides is 1. The van der Waals surface area contributed by atoms with Crippen LogP contribution in [0.5, 0.6) is 5.75 Å². The maximum atomic E-state index is 12.0. The number of hydrogen-bond donors (Lipinski definition) is 4. The minimum absolute atomic E-state index is 0.283. The second-order valence-electron chi connectivity index (χ2n) is 8.40. The lowest BCUT2D eigenvalue weighted by molar-refractivity contribution is 0.0476. The number of benzene rings is 1. The Morgan fingerprint density at radius 1 is 1.11 bits per heavy atom. The quantitative estimate of drug-likeness (QED) is 0.310. The summed E-state index contributed by atoms with van der Waals surface area (Å²) in [5.74, 6) is 0.998. The lowest BCUT2D eigenvalue weighted by Crippen LogP contribution is -2.49. The van der Waals surface area contributed by atoms with Gasteiger partial charge in [0.1, 0.15) is 11.4 Å². The maximum absolute atomic E-state index is 12.0. The van der Waals surface area contributed by atoms with Crippen molar-refractivity contribution in [3.05, 3.63) is 29.8 Å². The van der Waals surface area contributed by atoms with Gasteiger partial charge in [-0.15, -0.1) is 0 Å². The average Bonchev–Trinajstić information content (AvgIpc) is 2.55. The molecule has 0 aliphatic heterocycles. The zero-order chi connectivity index (χ0) is 21.2. The molecule has 1 rings (SSSR count). The first-order chi connectivity index (χ1) is 13.0. The Hall–Kier alpha value is -2.44. The third-order valence-electron chi connectivity index (χ3n) is 3.69. The molecule has 0 atom stereocenters. The molecule has 0 aromatic heterocycles. The Balaban J connectivity index is 2.48. The van der Waals surface area contributed by atoms with Crippen molar-refractivity contribution in [3.63, 3.8) is 0 Å². The van der Waals surface area contributed by atoms with Crippen molar-refractivity contribution >= 4 is 12.1 Å². The molecule has 0 unspecified atom stereocenters. The maximum Gasteiger partial charge on any atom is 0.408 e. The highest BCUT2D eigenvalue weighted by Gasteiger charge is 2.24. The molecule has 158 valence electrons. The molecule has 0 spiro atoms. The van der Waals surface area contributed by atoms with Crippen molar-refractivity contribution < 1.29 is 14.6 Å². The summed E-state index contributed by atoms with van der Waals surface area (Å²) < 4.78 is 5.31. The summed E-state index contributed by atoms with van der Waals surface area (Å²) in [6.45, 7) is 13.3. The first kappa shape index (κ1) is 23.6. The van der Waals surface area contributed by atoms with E-state index in [1.807, 2.05) is 53.7 Å². The normalized spacial score (nSPS) is 12.4. The summed E-state index contributed by atoms with van der Waals surface area (Å²) in [6.07, 6.45) is 1.41. The van der Waals surface area contributed by atoms with Gasteiger partial charge in [0.05, 0.1) is 12.1 Å². The molecule has 0 saturated carbocycles. The number of aliphatic imine (C=N–C) groups is 1. The van der Waals surface area contributed by atoms with Crippen molar-refractivity contribution in [1.82, 2.24) is 16.0 Å². The molecule has 0 radical (unpaired) electrons. The van der Waals surface area contributed by atoms with Crippen LogP contribution in [-0.2, 0) is 11.2 Å². The molecule has 4 N–H and O–H groups in total. The Kier molecular flexibility index (Phi) is 9.09. The van der Waals surface area contributed by atoms with E-state index in [1.54, 1.807) is 12.1 Å². The van der Waals surface area contributed by atoms with E-state index in [-0.39, 0.29) is 5.75 Å². The number of hydrogen-bond acceptors (Lipinski definition) is 4. The molecule has 7 heteroatoms. The smallest absolute Gasteiger partial charge is 0.408 e. The first-order valence-electron chi connectivity index (χ1n) is 9.82. The second kappa shape index (κ2) is 10.8. The monoisotopic (exact) mass is 392 g/mol. The number of rotatable bonds is 8. The summed E-state index contributed by atoms with van der Waals surface area (Å²) in [7, 11) is 0. The number of carbonyl (C=O) groups excluding carboxylic acids is 1. The first-order valence-corrected chi connectivity index (χ1v) is 9.82. The Morgan fingerprint density at radius 2 is 1.75 bits per heavy atom. The number of aromatic hydroxyl groups is 1. The van der Waals surface area contributed by atoms with Crippen LogP contribution in [0.2, 0.25) is 0 Å². The summed E-state index contributed by atoms with van der Waals surface area (Å²) in [4.78, 5) is 16.6. The van der Waals surface area contributed by atoms with Crippen molar-refractivity contribution in [1.29, 1.82) is 0 Å². The largest absolute Gasteiger partial charge is 0.508 e. The molecule has 0 aliphatic carbocycles. The predicted molar refractivity (Wildman–Crippen MR) is 114 cm³/mol. The van der Waals surface area contributed by atoms with Crippen LogP contribution < -0.4 is 16.0 Å². The number of nitrogens with one attached hydrogen (secondary N) is 3. The highest BCUT2D eigenvalue weighted by molar-refractivity contribution is 5.79. The van der Waals surface area contributed by atoms with E-state index in [4.69, 9.17) is 4.74 Å². The predicted octanol–water partition coefficient (Wildman–Crippen LogP) is 3.18. The van der Waals surface area contributed by atoms with Crippen molar-refractivity contribution in [2.24, 2.45) is 4.99 Å². The number of aryl methyl sites for hydroxylation is 1. The van der Waals surface area contributed by atoms with E-state index in [0.29, 0.717) is 12.5 Å². The molecule has 0 saturated heterocycles. The van der Waals surface area contributed by atoms with E-state index in [2.05, 4.69) is 20.9 Å². The van der Waals surface area contributed by atoms with Crippen molar-refractivity contribution in [2.75, 3.05) is 19.6 Å². The SMILES string of the molecule is CCNC(=NCC(C)(C)NC(=O)OC(C)(C)C)NCCCc1ccc(O)cc1. The molecular weight excluding hydrogens is 356 g/mol. The van der Waals surface area contributed by atoms with Crippen LogP contribution >= 0.6 is 0 Å². The number of guanidine groups is 1. The fraction of sp³-hybridized carbons (Fsp3) is 0.619. The highest BCUT2D eigenvalue weighted by Crippen LogP contribution is 2.11. The topological polar surface area (TPSA) is 95.0 Å². The van der Waals surface area contributed by atoms with Crippen LogP contribution in [0.1, 0.15) is 53.5 Å². The van der Waals surface area contributed by atoms with E-state index < -0.39 is 17.2 Å². The fourth-order valence-corrected chi connectivity index (χ4v) is 2.40. The van der Waals surface area contributed by atoms with Gasteiger partial charge in [0.2, 0.25) is 0 Å². The number of alkyl carbamates (subject to hydrolysis) is 1. The zero-order valence-corrected chi connectivity index (χ0v) is 18.1. The van der Waals surface area contributed by atoms with Gasteiger partial charge in [-0.1, -0.05) is 12.1 Å². The Bertz CT molecular complexity index is 634.